The molecule has 0 saturated carbocycles. The zero-order valence-corrected chi connectivity index (χ0v) is 12.7. The predicted molar refractivity (Wildman–Crippen MR) is 83.4 cm³/mol. The van der Waals surface area contributed by atoms with E-state index < -0.39 is 39.6 Å². The van der Waals surface area contributed by atoms with E-state index in [4.69, 9.17) is 4.42 Å². The van der Waals surface area contributed by atoms with Crippen LogP contribution in [0.25, 0.3) is 27.8 Å². The molecule has 4 aromatic rings. The van der Waals surface area contributed by atoms with Gasteiger partial charge in [0.2, 0.25) is 28.6 Å². The summed E-state index contributed by atoms with van der Waals surface area (Å²) in [5, 5.41) is 13.1. The number of fused-ring (bicyclic) bond motifs is 2. The summed E-state index contributed by atoms with van der Waals surface area (Å²) < 4.78 is 47.9. The summed E-state index contributed by atoms with van der Waals surface area (Å²) in [6.07, 6.45) is 0. The molecule has 0 atom stereocenters. The molecule has 0 saturated heterocycles. The third kappa shape index (κ3) is 1.97. The van der Waals surface area contributed by atoms with Gasteiger partial charge in [-0.2, -0.15) is 18.6 Å². The van der Waals surface area contributed by atoms with E-state index in [2.05, 4.69) is 5.10 Å². The van der Waals surface area contributed by atoms with Crippen molar-refractivity contribution in [1.29, 1.82) is 0 Å². The van der Waals surface area contributed by atoms with Crippen molar-refractivity contribution in [3.63, 3.8) is 0 Å². The fourth-order valence-corrected chi connectivity index (χ4v) is 2.76. The molecule has 0 spiro atoms. The maximum Gasteiger partial charge on any atom is 0.234 e. The number of rotatable bonds is 1. The van der Waals surface area contributed by atoms with Gasteiger partial charge in [0.05, 0.1) is 11.4 Å². The van der Waals surface area contributed by atoms with Crippen molar-refractivity contribution in [2.24, 2.45) is 0 Å². The highest BCUT2D eigenvalue weighted by molar-refractivity contribution is 5.94. The summed E-state index contributed by atoms with van der Waals surface area (Å²) in [5.74, 6) is -6.75. The quantitative estimate of drug-likeness (QED) is 0.535. The first kappa shape index (κ1) is 15.3. The summed E-state index contributed by atoms with van der Waals surface area (Å²) in [5.41, 5.74) is -1.14. The molecule has 4 rings (SSSR count). The maximum atomic E-state index is 14.1. The van der Waals surface area contributed by atoms with Crippen LogP contribution in [0.15, 0.2) is 39.5 Å². The van der Waals surface area contributed by atoms with Crippen molar-refractivity contribution in [3.05, 3.63) is 63.7 Å². The third-order valence-corrected chi connectivity index (χ3v) is 3.93. The standard InChI is InChI=1S/C17H9F3N2O3/c1-7-9-14(23)10-15(24)12(19)11(18)13(20)16(10)25-17(9)22(21-7)8-5-3-2-4-6-8/h2-6,24H,1H3. The fraction of sp³-hybridized carbons (Fsp3) is 0.0588. The third-order valence-electron chi connectivity index (χ3n) is 3.93. The van der Waals surface area contributed by atoms with Gasteiger partial charge in [0, 0.05) is 0 Å². The molecule has 0 unspecified atom stereocenters. The Morgan fingerprint density at radius 3 is 2.40 bits per heavy atom. The fourth-order valence-electron chi connectivity index (χ4n) is 2.76. The number of aromatic hydroxyl groups is 1. The lowest BCUT2D eigenvalue weighted by Gasteiger charge is -2.06. The van der Waals surface area contributed by atoms with E-state index in [1.165, 1.54) is 11.6 Å². The largest absolute Gasteiger partial charge is 0.504 e. The number of para-hydroxylation sites is 1. The molecule has 0 aliphatic carbocycles. The number of phenols is 1. The number of halogens is 3. The number of benzene rings is 2. The Labute approximate surface area is 137 Å². The van der Waals surface area contributed by atoms with Crippen molar-refractivity contribution in [2.45, 2.75) is 6.92 Å². The summed E-state index contributed by atoms with van der Waals surface area (Å²) in [6, 6.07) is 8.56. The van der Waals surface area contributed by atoms with Crippen LogP contribution in [0.4, 0.5) is 13.2 Å². The Balaban J connectivity index is 2.25. The molecule has 0 radical (unpaired) electrons. The number of hydrogen-bond donors (Lipinski definition) is 1. The van der Waals surface area contributed by atoms with Crippen molar-refractivity contribution in [3.8, 4) is 11.4 Å². The summed E-state index contributed by atoms with van der Waals surface area (Å²) in [4.78, 5) is 12.7. The van der Waals surface area contributed by atoms with Gasteiger partial charge in [-0.15, -0.1) is 0 Å². The molecule has 2 aromatic heterocycles. The Bertz CT molecular complexity index is 1210. The Morgan fingerprint density at radius 2 is 1.72 bits per heavy atom. The van der Waals surface area contributed by atoms with Gasteiger partial charge < -0.3 is 9.52 Å². The van der Waals surface area contributed by atoms with Gasteiger partial charge in [-0.25, -0.2) is 4.39 Å². The second-order valence-corrected chi connectivity index (χ2v) is 5.44. The molecule has 0 fully saturated rings. The molecule has 0 aliphatic heterocycles. The van der Waals surface area contributed by atoms with Crippen LogP contribution in [-0.4, -0.2) is 14.9 Å². The van der Waals surface area contributed by atoms with Crippen LogP contribution in [0.2, 0.25) is 0 Å². The molecule has 0 aliphatic rings. The van der Waals surface area contributed by atoms with E-state index in [0.29, 0.717) is 5.69 Å². The molecule has 2 heterocycles. The van der Waals surface area contributed by atoms with E-state index in [9.17, 15) is 23.1 Å². The Hall–Kier alpha value is -3.29. The van der Waals surface area contributed by atoms with E-state index in [1.807, 2.05) is 0 Å². The highest BCUT2D eigenvalue weighted by Gasteiger charge is 2.27. The average molecular weight is 346 g/mol. The number of aromatic nitrogens is 2. The first-order valence-electron chi connectivity index (χ1n) is 7.18. The molecule has 2 aromatic carbocycles. The zero-order valence-electron chi connectivity index (χ0n) is 12.7. The first-order chi connectivity index (χ1) is 11.9. The van der Waals surface area contributed by atoms with Crippen LogP contribution < -0.4 is 5.43 Å². The van der Waals surface area contributed by atoms with Gasteiger partial charge in [-0.1, -0.05) is 18.2 Å². The minimum Gasteiger partial charge on any atom is -0.504 e. The van der Waals surface area contributed by atoms with E-state index >= 15 is 0 Å². The van der Waals surface area contributed by atoms with Gasteiger partial charge >= 0.3 is 0 Å². The summed E-state index contributed by atoms with van der Waals surface area (Å²) in [7, 11) is 0. The van der Waals surface area contributed by atoms with Crippen LogP contribution in [0, 0.1) is 24.4 Å². The molecule has 0 bridgehead atoms. The van der Waals surface area contributed by atoms with E-state index in [-0.39, 0.29) is 16.8 Å². The van der Waals surface area contributed by atoms with Gasteiger partial charge in [0.25, 0.3) is 0 Å². The molecule has 5 nitrogen and oxygen atoms in total. The lowest BCUT2D eigenvalue weighted by molar-refractivity contribution is 0.389. The molecule has 1 N–H and O–H groups in total. The van der Waals surface area contributed by atoms with Crippen LogP contribution in [0.5, 0.6) is 5.75 Å². The highest BCUT2D eigenvalue weighted by atomic mass is 19.2. The number of aryl methyl sites for hydroxylation is 1. The molecule has 126 valence electrons. The zero-order chi connectivity index (χ0) is 17.9. The highest BCUT2D eigenvalue weighted by Crippen LogP contribution is 2.33. The second kappa shape index (κ2) is 5.10. The van der Waals surface area contributed by atoms with Gasteiger partial charge in [-0.05, 0) is 19.1 Å². The number of nitrogens with zero attached hydrogens (tertiary/aromatic N) is 2. The second-order valence-electron chi connectivity index (χ2n) is 5.44. The van der Waals surface area contributed by atoms with Gasteiger partial charge in [0.1, 0.15) is 10.8 Å². The van der Waals surface area contributed by atoms with Crippen LogP contribution >= 0.6 is 0 Å². The van der Waals surface area contributed by atoms with Gasteiger partial charge in [-0.3, -0.25) is 4.79 Å². The Kier molecular flexibility index (Phi) is 3.11. The Morgan fingerprint density at radius 1 is 1.04 bits per heavy atom. The lowest BCUT2D eigenvalue weighted by Crippen LogP contribution is -2.07. The van der Waals surface area contributed by atoms with Crippen molar-refractivity contribution in [1.82, 2.24) is 9.78 Å². The SMILES string of the molecule is Cc1nn(-c2ccccc2)c2oc3c(F)c(F)c(F)c(O)c3c(=O)c12. The van der Waals surface area contributed by atoms with E-state index in [0.717, 1.165) is 0 Å². The molecule has 25 heavy (non-hydrogen) atoms. The van der Waals surface area contributed by atoms with Crippen molar-refractivity contribution in [2.75, 3.05) is 0 Å². The summed E-state index contributed by atoms with van der Waals surface area (Å²) >= 11 is 0. The smallest absolute Gasteiger partial charge is 0.234 e. The first-order valence-corrected chi connectivity index (χ1v) is 7.18. The number of hydrogen-bond acceptors (Lipinski definition) is 4. The normalized spacial score (nSPS) is 11.5. The van der Waals surface area contributed by atoms with Gasteiger partial charge in [0.15, 0.2) is 11.3 Å². The molecular weight excluding hydrogens is 337 g/mol. The predicted octanol–water partition coefficient (Wildman–Crippen LogP) is 3.56. The topological polar surface area (TPSA) is 68.3 Å². The minimum absolute atomic E-state index is 0.0583. The minimum atomic E-state index is -1.92. The van der Waals surface area contributed by atoms with E-state index in [1.54, 1.807) is 30.3 Å². The van der Waals surface area contributed by atoms with Crippen LogP contribution in [0.3, 0.4) is 0 Å². The van der Waals surface area contributed by atoms with Crippen LogP contribution in [0.1, 0.15) is 5.69 Å². The number of phenolic OH excluding ortho intramolecular Hbond substituents is 1. The molecule has 0 amide bonds. The summed E-state index contributed by atoms with van der Waals surface area (Å²) in [6.45, 7) is 1.51. The monoisotopic (exact) mass is 346 g/mol. The molecular formula is C17H9F3N2O3. The average Bonchev–Trinajstić information content (AvgIpc) is 2.95. The lowest BCUT2D eigenvalue weighted by atomic mass is 10.1. The maximum absolute atomic E-state index is 14.1. The van der Waals surface area contributed by atoms with Crippen molar-refractivity contribution < 1.29 is 22.7 Å². The van der Waals surface area contributed by atoms with Crippen LogP contribution in [-0.2, 0) is 0 Å². The molecule has 8 heteroatoms. The van der Waals surface area contributed by atoms with Crippen molar-refractivity contribution >= 4 is 22.1 Å².